The first kappa shape index (κ1) is 24.0. The second-order valence-electron chi connectivity index (χ2n) is 7.95. The van der Waals surface area contributed by atoms with Crippen molar-refractivity contribution >= 4 is 15.9 Å². The second kappa shape index (κ2) is 10.8. The van der Waals surface area contributed by atoms with Crippen LogP contribution < -0.4 is 14.8 Å². The molecule has 1 unspecified atom stereocenters. The molecule has 3 rings (SSSR count). The molecule has 1 heterocycles. The van der Waals surface area contributed by atoms with E-state index in [0.717, 1.165) is 5.75 Å². The third-order valence-corrected chi connectivity index (χ3v) is 7.28. The zero-order valence-corrected chi connectivity index (χ0v) is 19.1. The molecule has 1 atom stereocenters. The molecule has 174 valence electrons. The molecule has 1 N–H and O–H groups in total. The minimum absolute atomic E-state index is 0.0913. The van der Waals surface area contributed by atoms with Gasteiger partial charge in [-0.25, -0.2) is 17.1 Å². The molecule has 7 nitrogen and oxygen atoms in total. The van der Waals surface area contributed by atoms with E-state index in [2.05, 4.69) is 5.32 Å². The highest BCUT2D eigenvalue weighted by Gasteiger charge is 2.31. The number of rotatable bonds is 9. The first-order valence-corrected chi connectivity index (χ1v) is 12.2. The average Bonchev–Trinajstić information content (AvgIpc) is 2.79. The molecule has 0 aromatic heterocycles. The number of nitrogens with one attached hydrogen (secondary N) is 1. The molecule has 32 heavy (non-hydrogen) atoms. The van der Waals surface area contributed by atoms with Crippen LogP contribution in [0.15, 0.2) is 48.5 Å². The Morgan fingerprint density at radius 3 is 2.28 bits per heavy atom. The van der Waals surface area contributed by atoms with Crippen molar-refractivity contribution in [2.75, 3.05) is 26.8 Å². The monoisotopic (exact) mass is 464 g/mol. The van der Waals surface area contributed by atoms with E-state index in [9.17, 15) is 17.6 Å². The van der Waals surface area contributed by atoms with Gasteiger partial charge in [0.25, 0.3) is 0 Å². The predicted octanol–water partition coefficient (Wildman–Crippen LogP) is 2.96. The molecule has 1 amide bonds. The molecule has 1 fully saturated rings. The Bertz CT molecular complexity index is 988. The van der Waals surface area contributed by atoms with Crippen molar-refractivity contribution in [1.82, 2.24) is 9.62 Å². The summed E-state index contributed by atoms with van der Waals surface area (Å²) >= 11 is 0. The predicted molar refractivity (Wildman–Crippen MR) is 119 cm³/mol. The molecule has 0 saturated carbocycles. The number of hydrogen-bond acceptors (Lipinski definition) is 5. The van der Waals surface area contributed by atoms with Crippen molar-refractivity contribution in [1.29, 1.82) is 0 Å². The summed E-state index contributed by atoms with van der Waals surface area (Å²) in [6, 6.07) is 12.5. The van der Waals surface area contributed by atoms with E-state index in [1.165, 1.54) is 28.6 Å². The zero-order valence-electron chi connectivity index (χ0n) is 18.3. The van der Waals surface area contributed by atoms with Gasteiger partial charge in [-0.15, -0.1) is 0 Å². The number of methoxy groups -OCH3 is 1. The molecule has 2 aromatic rings. The standard InChI is InChI=1S/C23H29FN2O5S/c1-17(15-31-22-9-7-21(30-2)8-10-22)25-23(27)19-11-13-26(14-12-19)32(28,29)16-18-3-5-20(24)6-4-18/h3-10,17,19H,11-16H2,1-2H3,(H,25,27). The Kier molecular flexibility index (Phi) is 8.09. The molecule has 9 heteroatoms. The van der Waals surface area contributed by atoms with E-state index in [1.807, 2.05) is 6.92 Å². The summed E-state index contributed by atoms with van der Waals surface area (Å²) in [4.78, 5) is 12.6. The highest BCUT2D eigenvalue weighted by Crippen LogP contribution is 2.22. The Morgan fingerprint density at radius 2 is 1.69 bits per heavy atom. The minimum atomic E-state index is -3.52. The first-order valence-electron chi connectivity index (χ1n) is 10.6. The van der Waals surface area contributed by atoms with Crippen LogP contribution in [0.2, 0.25) is 0 Å². The number of benzene rings is 2. The molecule has 1 aliphatic heterocycles. The molecule has 0 aliphatic carbocycles. The van der Waals surface area contributed by atoms with Gasteiger partial charge in [0.2, 0.25) is 15.9 Å². The maximum absolute atomic E-state index is 13.0. The van der Waals surface area contributed by atoms with Crippen LogP contribution in [0.25, 0.3) is 0 Å². The number of sulfonamides is 1. The van der Waals surface area contributed by atoms with Gasteiger partial charge < -0.3 is 14.8 Å². The van der Waals surface area contributed by atoms with Crippen LogP contribution in [0.4, 0.5) is 4.39 Å². The third kappa shape index (κ3) is 6.67. The second-order valence-corrected chi connectivity index (χ2v) is 9.92. The average molecular weight is 465 g/mol. The van der Waals surface area contributed by atoms with E-state index in [1.54, 1.807) is 31.4 Å². The molecule has 0 spiro atoms. The van der Waals surface area contributed by atoms with Crippen LogP contribution in [0.3, 0.4) is 0 Å². The van der Waals surface area contributed by atoms with Crippen molar-refractivity contribution in [3.63, 3.8) is 0 Å². The molecule has 0 bridgehead atoms. The molecule has 0 radical (unpaired) electrons. The molecule has 2 aromatic carbocycles. The third-order valence-electron chi connectivity index (χ3n) is 5.43. The maximum Gasteiger partial charge on any atom is 0.223 e. The molecule has 1 saturated heterocycles. The van der Waals surface area contributed by atoms with Gasteiger partial charge in [0.15, 0.2) is 0 Å². The van der Waals surface area contributed by atoms with E-state index >= 15 is 0 Å². The van der Waals surface area contributed by atoms with Crippen LogP contribution >= 0.6 is 0 Å². The van der Waals surface area contributed by atoms with E-state index in [4.69, 9.17) is 9.47 Å². The van der Waals surface area contributed by atoms with Gasteiger partial charge in [-0.05, 0) is 61.7 Å². The summed E-state index contributed by atoms with van der Waals surface area (Å²) in [6.45, 7) is 2.77. The van der Waals surface area contributed by atoms with E-state index in [-0.39, 0.29) is 23.6 Å². The van der Waals surface area contributed by atoms with Crippen LogP contribution in [0.5, 0.6) is 11.5 Å². The molecular formula is C23H29FN2O5S. The summed E-state index contributed by atoms with van der Waals surface area (Å²) in [5, 5.41) is 2.95. The largest absolute Gasteiger partial charge is 0.497 e. The van der Waals surface area contributed by atoms with Gasteiger partial charge in [-0.3, -0.25) is 4.79 Å². The number of carbonyl (C=O) groups is 1. The lowest BCUT2D eigenvalue weighted by Gasteiger charge is -2.31. The summed E-state index contributed by atoms with van der Waals surface area (Å²) in [7, 11) is -1.92. The van der Waals surface area contributed by atoms with Gasteiger partial charge >= 0.3 is 0 Å². The zero-order chi connectivity index (χ0) is 23.1. The summed E-state index contributed by atoms with van der Waals surface area (Å²) in [5.74, 6) is 0.518. The fraction of sp³-hybridized carbons (Fsp3) is 0.435. The number of piperidine rings is 1. The summed E-state index contributed by atoms with van der Waals surface area (Å²) < 4.78 is 50.6. The Labute approximate surface area is 188 Å². The van der Waals surface area contributed by atoms with Crippen molar-refractivity contribution in [2.45, 2.75) is 31.6 Å². The quantitative estimate of drug-likeness (QED) is 0.617. The smallest absolute Gasteiger partial charge is 0.223 e. The minimum Gasteiger partial charge on any atom is -0.497 e. The fourth-order valence-electron chi connectivity index (χ4n) is 3.57. The first-order chi connectivity index (χ1) is 15.3. The Hall–Kier alpha value is -2.65. The van der Waals surface area contributed by atoms with Gasteiger partial charge in [0, 0.05) is 19.0 Å². The van der Waals surface area contributed by atoms with Gasteiger partial charge in [-0.1, -0.05) is 12.1 Å². The van der Waals surface area contributed by atoms with Crippen LogP contribution in [0, 0.1) is 11.7 Å². The van der Waals surface area contributed by atoms with Crippen molar-refractivity contribution < 1.29 is 27.1 Å². The van der Waals surface area contributed by atoms with E-state index in [0.29, 0.717) is 43.9 Å². The highest BCUT2D eigenvalue weighted by atomic mass is 32.2. The number of hydrogen-bond donors (Lipinski definition) is 1. The number of halogens is 1. The number of carbonyl (C=O) groups excluding carboxylic acids is 1. The van der Waals surface area contributed by atoms with Gasteiger partial charge in [-0.2, -0.15) is 0 Å². The SMILES string of the molecule is COc1ccc(OCC(C)NC(=O)C2CCN(S(=O)(=O)Cc3ccc(F)cc3)CC2)cc1. The molecular weight excluding hydrogens is 435 g/mol. The fourth-order valence-corrected chi connectivity index (χ4v) is 5.14. The van der Waals surface area contributed by atoms with Crippen LogP contribution in [-0.2, 0) is 20.6 Å². The summed E-state index contributed by atoms with van der Waals surface area (Å²) in [6.07, 6.45) is 0.918. The lowest BCUT2D eigenvalue weighted by Crippen LogP contribution is -2.46. The van der Waals surface area contributed by atoms with Crippen molar-refractivity contribution in [3.8, 4) is 11.5 Å². The maximum atomic E-state index is 13.0. The van der Waals surface area contributed by atoms with Gasteiger partial charge in [0.1, 0.15) is 23.9 Å². The number of nitrogens with zero attached hydrogens (tertiary/aromatic N) is 1. The Balaban J connectivity index is 1.43. The van der Waals surface area contributed by atoms with Crippen LogP contribution in [0.1, 0.15) is 25.3 Å². The topological polar surface area (TPSA) is 84.9 Å². The molecule has 1 aliphatic rings. The normalized spacial score (nSPS) is 16.3. The lowest BCUT2D eigenvalue weighted by atomic mass is 9.97. The lowest BCUT2D eigenvalue weighted by molar-refractivity contribution is -0.126. The highest BCUT2D eigenvalue weighted by molar-refractivity contribution is 7.88. The van der Waals surface area contributed by atoms with E-state index < -0.39 is 15.8 Å². The van der Waals surface area contributed by atoms with Crippen LogP contribution in [-0.4, -0.2) is 51.5 Å². The van der Waals surface area contributed by atoms with Gasteiger partial charge in [0.05, 0.1) is 18.9 Å². The number of ether oxygens (including phenoxy) is 2. The summed E-state index contributed by atoms with van der Waals surface area (Å²) in [5.41, 5.74) is 0.539. The Morgan fingerprint density at radius 1 is 1.09 bits per heavy atom. The number of amides is 1. The van der Waals surface area contributed by atoms with Crippen molar-refractivity contribution in [3.05, 3.63) is 59.9 Å². The van der Waals surface area contributed by atoms with Crippen molar-refractivity contribution in [2.24, 2.45) is 5.92 Å².